The highest BCUT2D eigenvalue weighted by molar-refractivity contribution is 7.08. The zero-order valence-electron chi connectivity index (χ0n) is 13.8. The van der Waals surface area contributed by atoms with Gasteiger partial charge in [0.05, 0.1) is 13.1 Å². The number of hydrogen-bond donors (Lipinski definition) is 0. The minimum atomic E-state index is 0.432. The van der Waals surface area contributed by atoms with Crippen LogP contribution in [0.3, 0.4) is 0 Å². The lowest BCUT2D eigenvalue weighted by molar-refractivity contribution is 0.191. The fourth-order valence-electron chi connectivity index (χ4n) is 3.25. The Hall–Kier alpha value is -2.06. The van der Waals surface area contributed by atoms with E-state index in [0.717, 1.165) is 36.7 Å². The van der Waals surface area contributed by atoms with Crippen LogP contribution in [0.25, 0.3) is 11.4 Å². The summed E-state index contributed by atoms with van der Waals surface area (Å²) in [7, 11) is 0. The average molecular weight is 344 g/mol. The van der Waals surface area contributed by atoms with E-state index in [2.05, 4.69) is 25.1 Å². The van der Waals surface area contributed by atoms with Gasteiger partial charge >= 0.3 is 0 Å². The predicted molar refractivity (Wildman–Crippen MR) is 90.5 cm³/mol. The highest BCUT2D eigenvalue weighted by Crippen LogP contribution is 2.23. The molecule has 8 heteroatoms. The smallest absolute Gasteiger partial charge is 0.241 e. The van der Waals surface area contributed by atoms with E-state index < -0.39 is 0 Å². The van der Waals surface area contributed by atoms with E-state index in [1.807, 2.05) is 35.4 Å². The maximum Gasteiger partial charge on any atom is 0.241 e. The molecule has 4 rings (SSSR count). The molecular formula is C16H20N6OS. The van der Waals surface area contributed by atoms with Crippen molar-refractivity contribution in [2.45, 2.75) is 45.8 Å². The van der Waals surface area contributed by atoms with Crippen LogP contribution in [0.5, 0.6) is 0 Å². The highest BCUT2D eigenvalue weighted by atomic mass is 32.1. The number of likely N-dealkylation sites (tertiary alicyclic amines) is 1. The normalized spacial score (nSPS) is 18.5. The van der Waals surface area contributed by atoms with Crippen molar-refractivity contribution < 1.29 is 4.52 Å². The number of nitrogens with zero attached hydrogens (tertiary/aromatic N) is 6. The Morgan fingerprint density at radius 2 is 2.25 bits per heavy atom. The monoisotopic (exact) mass is 344 g/mol. The first-order valence-corrected chi connectivity index (χ1v) is 9.10. The van der Waals surface area contributed by atoms with Crippen molar-refractivity contribution in [3.63, 3.8) is 0 Å². The molecule has 24 heavy (non-hydrogen) atoms. The van der Waals surface area contributed by atoms with Crippen molar-refractivity contribution in [2.75, 3.05) is 6.54 Å². The number of rotatable bonds is 5. The summed E-state index contributed by atoms with van der Waals surface area (Å²) in [6, 6.07) is 2.44. The molecule has 4 heterocycles. The van der Waals surface area contributed by atoms with Crippen molar-refractivity contribution in [3.05, 3.63) is 34.4 Å². The van der Waals surface area contributed by atoms with E-state index in [-0.39, 0.29) is 0 Å². The number of aryl methyl sites for hydroxylation is 2. The summed E-state index contributed by atoms with van der Waals surface area (Å²) in [5, 5.41) is 12.6. The minimum absolute atomic E-state index is 0.432. The quantitative estimate of drug-likeness (QED) is 0.708. The molecule has 0 aliphatic carbocycles. The molecule has 1 fully saturated rings. The third kappa shape index (κ3) is 3.11. The molecule has 7 nitrogen and oxygen atoms in total. The summed E-state index contributed by atoms with van der Waals surface area (Å²) in [5.74, 6) is 3.14. The van der Waals surface area contributed by atoms with Crippen LogP contribution >= 0.6 is 11.3 Å². The van der Waals surface area contributed by atoms with Crippen LogP contribution in [0.1, 0.15) is 30.4 Å². The van der Waals surface area contributed by atoms with E-state index in [1.54, 1.807) is 11.3 Å². The fraction of sp³-hybridized carbons (Fsp3) is 0.500. The van der Waals surface area contributed by atoms with Gasteiger partial charge in [-0.1, -0.05) is 5.16 Å². The van der Waals surface area contributed by atoms with Crippen molar-refractivity contribution in [1.29, 1.82) is 0 Å². The SMILES string of the molecule is Cc1nc(C)n(C[C@H]2CCCN2Cc2nc(-c3ccsc3)no2)n1. The van der Waals surface area contributed by atoms with E-state index in [0.29, 0.717) is 24.3 Å². The number of hydrogen-bond acceptors (Lipinski definition) is 7. The zero-order valence-corrected chi connectivity index (χ0v) is 14.7. The van der Waals surface area contributed by atoms with Gasteiger partial charge in [-0.15, -0.1) is 0 Å². The molecular weight excluding hydrogens is 324 g/mol. The van der Waals surface area contributed by atoms with E-state index in [4.69, 9.17) is 4.52 Å². The molecule has 1 aliphatic rings. The zero-order chi connectivity index (χ0) is 16.5. The van der Waals surface area contributed by atoms with E-state index >= 15 is 0 Å². The molecule has 0 amide bonds. The van der Waals surface area contributed by atoms with Crippen LogP contribution in [0.15, 0.2) is 21.3 Å². The molecule has 0 unspecified atom stereocenters. The summed E-state index contributed by atoms with van der Waals surface area (Å²) in [4.78, 5) is 11.3. The van der Waals surface area contributed by atoms with Gasteiger partial charge in [0.2, 0.25) is 11.7 Å². The average Bonchev–Trinajstić information content (AvgIpc) is 3.30. The Balaban J connectivity index is 1.44. The standard InChI is InChI=1S/C16H20N6OS/c1-11-17-12(2)22(19-11)8-14-4-3-6-21(14)9-15-18-16(20-23-15)13-5-7-24-10-13/h5,7,10,14H,3-4,6,8-9H2,1-2H3/t14-/m1/s1. The first kappa shape index (κ1) is 15.5. The van der Waals surface area contributed by atoms with Gasteiger partial charge in [0.25, 0.3) is 0 Å². The fourth-order valence-corrected chi connectivity index (χ4v) is 3.88. The highest BCUT2D eigenvalue weighted by Gasteiger charge is 2.27. The molecule has 0 radical (unpaired) electrons. The van der Waals surface area contributed by atoms with E-state index in [9.17, 15) is 0 Å². The van der Waals surface area contributed by atoms with Gasteiger partial charge in [-0.25, -0.2) is 9.67 Å². The van der Waals surface area contributed by atoms with Gasteiger partial charge < -0.3 is 4.52 Å². The third-order valence-electron chi connectivity index (χ3n) is 4.43. The van der Waals surface area contributed by atoms with Gasteiger partial charge in [-0.2, -0.15) is 21.4 Å². The Bertz CT molecular complexity index is 809. The van der Waals surface area contributed by atoms with Crippen LogP contribution in [0, 0.1) is 13.8 Å². The molecule has 0 N–H and O–H groups in total. The molecule has 3 aromatic rings. The maximum absolute atomic E-state index is 5.44. The van der Waals surface area contributed by atoms with Gasteiger partial charge in [-0.3, -0.25) is 4.90 Å². The molecule has 1 aliphatic heterocycles. The Labute approximate surface area is 144 Å². The van der Waals surface area contributed by atoms with Gasteiger partial charge in [-0.05, 0) is 44.7 Å². The number of thiophene rings is 1. The largest absolute Gasteiger partial charge is 0.338 e. The van der Waals surface area contributed by atoms with Crippen LogP contribution in [0.2, 0.25) is 0 Å². The third-order valence-corrected chi connectivity index (χ3v) is 5.11. The maximum atomic E-state index is 5.44. The second-order valence-corrected chi connectivity index (χ2v) is 6.96. The van der Waals surface area contributed by atoms with Gasteiger partial charge in [0, 0.05) is 17.0 Å². The molecule has 1 atom stereocenters. The molecule has 0 saturated carbocycles. The molecule has 0 bridgehead atoms. The van der Waals surface area contributed by atoms with Crippen molar-refractivity contribution >= 4 is 11.3 Å². The van der Waals surface area contributed by atoms with Gasteiger partial charge in [0.1, 0.15) is 11.6 Å². The molecule has 3 aromatic heterocycles. The lowest BCUT2D eigenvalue weighted by Crippen LogP contribution is -2.33. The van der Waals surface area contributed by atoms with Crippen LogP contribution in [-0.2, 0) is 13.1 Å². The lowest BCUT2D eigenvalue weighted by atomic mass is 10.2. The topological polar surface area (TPSA) is 72.9 Å². The Morgan fingerprint density at radius 3 is 3.00 bits per heavy atom. The summed E-state index contributed by atoms with van der Waals surface area (Å²) in [6.07, 6.45) is 2.34. The second-order valence-electron chi connectivity index (χ2n) is 6.18. The first-order valence-electron chi connectivity index (χ1n) is 8.16. The minimum Gasteiger partial charge on any atom is -0.338 e. The van der Waals surface area contributed by atoms with Crippen molar-refractivity contribution in [1.82, 2.24) is 29.8 Å². The van der Waals surface area contributed by atoms with E-state index in [1.165, 1.54) is 6.42 Å². The van der Waals surface area contributed by atoms with Gasteiger partial charge in [0.15, 0.2) is 0 Å². The number of aromatic nitrogens is 5. The molecule has 0 aromatic carbocycles. The molecule has 0 spiro atoms. The Kier molecular flexibility index (Phi) is 4.15. The van der Waals surface area contributed by atoms with Crippen molar-refractivity contribution in [3.8, 4) is 11.4 Å². The molecule has 126 valence electrons. The second kappa shape index (κ2) is 6.45. The Morgan fingerprint density at radius 1 is 1.33 bits per heavy atom. The molecule has 1 saturated heterocycles. The summed E-state index contributed by atoms with van der Waals surface area (Å²) in [6.45, 7) is 6.53. The van der Waals surface area contributed by atoms with Crippen LogP contribution < -0.4 is 0 Å². The predicted octanol–water partition coefficient (Wildman–Crippen LogP) is 2.67. The summed E-state index contributed by atoms with van der Waals surface area (Å²) < 4.78 is 7.45. The van der Waals surface area contributed by atoms with Crippen molar-refractivity contribution in [2.24, 2.45) is 0 Å². The summed E-state index contributed by atoms with van der Waals surface area (Å²) in [5.41, 5.74) is 1.02. The first-order chi connectivity index (χ1) is 11.7. The van der Waals surface area contributed by atoms with Crippen LogP contribution in [-0.4, -0.2) is 42.4 Å². The van der Waals surface area contributed by atoms with Crippen LogP contribution in [0.4, 0.5) is 0 Å². The lowest BCUT2D eigenvalue weighted by Gasteiger charge is -2.22. The summed E-state index contributed by atoms with van der Waals surface area (Å²) >= 11 is 1.63.